The zero-order valence-corrected chi connectivity index (χ0v) is 20.6. The van der Waals surface area contributed by atoms with Crippen molar-refractivity contribution in [1.29, 1.82) is 0 Å². The Hall–Kier alpha value is -3.20. The number of ketones is 1. The fraction of sp³-hybridized carbons (Fsp3) is 0.520. The van der Waals surface area contributed by atoms with Gasteiger partial charge in [-0.2, -0.15) is 0 Å². The lowest BCUT2D eigenvalue weighted by Crippen LogP contribution is -2.44. The Bertz CT molecular complexity index is 1100. The monoisotopic (exact) mass is 474 g/mol. The van der Waals surface area contributed by atoms with E-state index in [0.717, 1.165) is 5.56 Å². The summed E-state index contributed by atoms with van der Waals surface area (Å²) in [5, 5.41) is 0. The number of fused-ring (bicyclic) bond motifs is 3. The summed E-state index contributed by atoms with van der Waals surface area (Å²) in [5.74, 6) is 0.172. The van der Waals surface area contributed by atoms with Gasteiger partial charge in [-0.25, -0.2) is 0 Å². The molecule has 2 aliphatic heterocycles. The first-order chi connectivity index (χ1) is 16.2. The molecule has 3 aliphatic rings. The molecule has 2 heterocycles. The van der Waals surface area contributed by atoms with Crippen molar-refractivity contribution in [2.75, 3.05) is 35.5 Å². The number of benzene rings is 1. The molecule has 2 bridgehead atoms. The van der Waals surface area contributed by atoms with E-state index in [9.17, 15) is 9.59 Å². The number of hydrogen-bond acceptors (Lipinski definition) is 9. The van der Waals surface area contributed by atoms with Crippen molar-refractivity contribution < 1.29 is 42.7 Å². The summed E-state index contributed by atoms with van der Waals surface area (Å²) in [7, 11) is 7.42. The van der Waals surface area contributed by atoms with Gasteiger partial charge in [0.25, 0.3) is 0 Å². The average Bonchev–Trinajstić information content (AvgIpc) is 3.12. The zero-order valence-electron chi connectivity index (χ0n) is 20.6. The predicted octanol–water partition coefficient (Wildman–Crippen LogP) is 3.21. The van der Waals surface area contributed by atoms with E-state index in [1.54, 1.807) is 7.11 Å². The average molecular weight is 475 g/mol. The van der Waals surface area contributed by atoms with E-state index in [2.05, 4.69) is 0 Å². The molecular formula is C25H30O9. The van der Waals surface area contributed by atoms with Gasteiger partial charge in [-0.3, -0.25) is 9.59 Å². The van der Waals surface area contributed by atoms with Gasteiger partial charge in [-0.15, -0.1) is 0 Å². The second-order valence-corrected chi connectivity index (χ2v) is 8.61. The van der Waals surface area contributed by atoms with E-state index in [0.29, 0.717) is 28.4 Å². The van der Waals surface area contributed by atoms with Crippen LogP contribution < -0.4 is 14.2 Å². The highest BCUT2D eigenvalue weighted by Gasteiger charge is 2.64. The Morgan fingerprint density at radius 1 is 0.941 bits per heavy atom. The zero-order chi connectivity index (χ0) is 24.9. The van der Waals surface area contributed by atoms with Gasteiger partial charge in [0.1, 0.15) is 6.10 Å². The highest BCUT2D eigenvalue weighted by molar-refractivity contribution is 6.05. The standard InChI is InChI=1S/C25H30O9/c1-11-12(2)20(33-13(3)26)15-10-16(27)21(29-5)24(32-8)25(15)18-14(19(11)34-25)9-17(28-4)22(30-6)23(18)31-7/h9-12,19-20H,1-8H3. The topological polar surface area (TPSA) is 98.8 Å². The minimum Gasteiger partial charge on any atom is -0.493 e. The second-order valence-electron chi connectivity index (χ2n) is 8.61. The predicted molar refractivity (Wildman–Crippen MR) is 120 cm³/mol. The molecule has 34 heavy (non-hydrogen) atoms. The molecule has 1 aromatic rings. The summed E-state index contributed by atoms with van der Waals surface area (Å²) in [6.07, 6.45) is 0.210. The Labute approximate surface area is 198 Å². The van der Waals surface area contributed by atoms with E-state index in [1.807, 2.05) is 19.9 Å². The van der Waals surface area contributed by atoms with Crippen LogP contribution in [-0.4, -0.2) is 53.4 Å². The van der Waals surface area contributed by atoms with Gasteiger partial charge in [-0.05, 0) is 23.6 Å². The summed E-state index contributed by atoms with van der Waals surface area (Å²) in [5.41, 5.74) is 0.397. The Balaban J connectivity index is 2.18. The lowest BCUT2D eigenvalue weighted by molar-refractivity contribution is -0.148. The van der Waals surface area contributed by atoms with Crippen LogP contribution in [0.25, 0.3) is 0 Å². The first-order valence-corrected chi connectivity index (χ1v) is 11.0. The highest BCUT2D eigenvalue weighted by Crippen LogP contribution is 2.65. The number of esters is 1. The fourth-order valence-electron chi connectivity index (χ4n) is 5.45. The molecule has 1 fully saturated rings. The summed E-state index contributed by atoms with van der Waals surface area (Å²) in [6.45, 7) is 5.33. The van der Waals surface area contributed by atoms with Crippen molar-refractivity contribution in [3.8, 4) is 17.2 Å². The van der Waals surface area contributed by atoms with E-state index in [4.69, 9.17) is 33.2 Å². The van der Waals surface area contributed by atoms with Crippen molar-refractivity contribution in [2.45, 2.75) is 38.6 Å². The molecule has 0 radical (unpaired) electrons. The molecule has 0 saturated carbocycles. The molecule has 1 aliphatic carbocycles. The lowest BCUT2D eigenvalue weighted by Gasteiger charge is -2.40. The number of methoxy groups -OCH3 is 5. The molecule has 4 rings (SSSR count). The molecule has 1 spiro atoms. The smallest absolute Gasteiger partial charge is 0.303 e. The van der Waals surface area contributed by atoms with Gasteiger partial charge in [0.2, 0.25) is 17.3 Å². The fourth-order valence-corrected chi connectivity index (χ4v) is 5.45. The summed E-state index contributed by atoms with van der Waals surface area (Å²) >= 11 is 0. The van der Waals surface area contributed by atoms with Crippen molar-refractivity contribution in [3.05, 3.63) is 40.4 Å². The SMILES string of the molecule is COC1=C(OC)C23OC(c4cc(OC)c(OC)c(OC)c42)C(C)C(C)C(OC(C)=O)C3=CC1=O. The van der Waals surface area contributed by atoms with Gasteiger partial charge in [0, 0.05) is 24.0 Å². The maximum atomic E-state index is 13.1. The maximum absolute atomic E-state index is 13.1. The number of ether oxygens (including phenoxy) is 7. The van der Waals surface area contributed by atoms with Gasteiger partial charge in [-0.1, -0.05) is 13.8 Å². The first kappa shape index (κ1) is 23.9. The third-order valence-electron chi connectivity index (χ3n) is 7.06. The Kier molecular flexibility index (Phi) is 6.01. The molecule has 0 aromatic heterocycles. The van der Waals surface area contributed by atoms with Crippen LogP contribution in [0.4, 0.5) is 0 Å². The molecule has 9 nitrogen and oxygen atoms in total. The maximum Gasteiger partial charge on any atom is 0.303 e. The third-order valence-corrected chi connectivity index (χ3v) is 7.06. The van der Waals surface area contributed by atoms with Gasteiger partial charge >= 0.3 is 5.97 Å². The van der Waals surface area contributed by atoms with Crippen LogP contribution in [0.3, 0.4) is 0 Å². The minimum absolute atomic E-state index is 0.00142. The highest BCUT2D eigenvalue weighted by atomic mass is 16.6. The first-order valence-electron chi connectivity index (χ1n) is 11.0. The summed E-state index contributed by atoms with van der Waals surface area (Å²) in [4.78, 5) is 25.3. The van der Waals surface area contributed by atoms with E-state index in [1.165, 1.54) is 41.4 Å². The van der Waals surface area contributed by atoms with Crippen LogP contribution in [0.1, 0.15) is 38.0 Å². The molecule has 5 unspecified atom stereocenters. The van der Waals surface area contributed by atoms with E-state index < -0.39 is 29.6 Å². The van der Waals surface area contributed by atoms with Crippen molar-refractivity contribution >= 4 is 11.8 Å². The van der Waals surface area contributed by atoms with Gasteiger partial charge in [0.05, 0.1) is 41.7 Å². The number of carbonyl (C=O) groups excluding carboxylic acids is 2. The minimum atomic E-state index is -1.45. The molecule has 0 amide bonds. The van der Waals surface area contributed by atoms with Crippen LogP contribution in [0, 0.1) is 11.8 Å². The van der Waals surface area contributed by atoms with Crippen molar-refractivity contribution in [1.82, 2.24) is 0 Å². The molecule has 9 heteroatoms. The summed E-state index contributed by atoms with van der Waals surface area (Å²) < 4.78 is 41.1. The summed E-state index contributed by atoms with van der Waals surface area (Å²) in [6, 6.07) is 1.86. The lowest BCUT2D eigenvalue weighted by atomic mass is 9.69. The van der Waals surface area contributed by atoms with E-state index in [-0.39, 0.29) is 23.4 Å². The Morgan fingerprint density at radius 2 is 1.62 bits per heavy atom. The van der Waals surface area contributed by atoms with Gasteiger partial charge < -0.3 is 33.2 Å². The Morgan fingerprint density at radius 3 is 2.15 bits per heavy atom. The number of allylic oxidation sites excluding steroid dienone is 1. The van der Waals surface area contributed by atoms with Crippen LogP contribution in [0.15, 0.2) is 29.2 Å². The van der Waals surface area contributed by atoms with Crippen LogP contribution in [-0.2, 0) is 34.1 Å². The van der Waals surface area contributed by atoms with Crippen LogP contribution in [0.5, 0.6) is 17.2 Å². The number of carbonyl (C=O) groups is 2. The quantitative estimate of drug-likeness (QED) is 0.576. The normalized spacial score (nSPS) is 29.4. The van der Waals surface area contributed by atoms with Crippen LogP contribution in [0.2, 0.25) is 0 Å². The van der Waals surface area contributed by atoms with Crippen molar-refractivity contribution in [2.24, 2.45) is 11.8 Å². The molecule has 5 atom stereocenters. The molecular weight excluding hydrogens is 444 g/mol. The molecule has 0 N–H and O–H groups in total. The molecule has 184 valence electrons. The molecule has 1 aromatic carbocycles. The van der Waals surface area contributed by atoms with Crippen molar-refractivity contribution in [3.63, 3.8) is 0 Å². The van der Waals surface area contributed by atoms with E-state index >= 15 is 0 Å². The third kappa shape index (κ3) is 3.02. The number of hydrogen-bond donors (Lipinski definition) is 0. The number of rotatable bonds is 6. The van der Waals surface area contributed by atoms with Gasteiger partial charge in [0.15, 0.2) is 22.9 Å². The van der Waals surface area contributed by atoms with Crippen LogP contribution >= 0.6 is 0 Å². The largest absolute Gasteiger partial charge is 0.493 e. The second kappa shape index (κ2) is 8.54. The molecule has 1 saturated heterocycles.